The van der Waals surface area contributed by atoms with E-state index in [1.165, 1.54) is 6.07 Å². The van der Waals surface area contributed by atoms with Gasteiger partial charge in [0.2, 0.25) is 0 Å². The number of halogens is 2. The highest BCUT2D eigenvalue weighted by atomic mass is 19.1. The summed E-state index contributed by atoms with van der Waals surface area (Å²) in [5.74, 6) is -2.31. The van der Waals surface area contributed by atoms with Crippen LogP contribution in [-0.2, 0) is 4.79 Å². The molecule has 1 aromatic rings. The molecule has 1 aromatic carbocycles. The van der Waals surface area contributed by atoms with Crippen molar-refractivity contribution in [2.75, 3.05) is 24.6 Å². The van der Waals surface area contributed by atoms with Gasteiger partial charge in [-0.2, -0.15) is 0 Å². The number of carbonyl (C=O) groups is 1. The Morgan fingerprint density at radius 1 is 1.21 bits per heavy atom. The van der Waals surface area contributed by atoms with Gasteiger partial charge in [0.15, 0.2) is 18.2 Å². The fraction of sp³-hybridized carbons (Fsp3) is 0.462. The Balaban J connectivity index is 2.22. The van der Waals surface area contributed by atoms with Crippen molar-refractivity contribution < 1.29 is 18.3 Å². The van der Waals surface area contributed by atoms with Crippen LogP contribution in [-0.4, -0.2) is 25.6 Å². The van der Waals surface area contributed by atoms with E-state index in [2.05, 4.69) is 0 Å². The Morgan fingerprint density at radius 2 is 1.89 bits per heavy atom. The second kappa shape index (κ2) is 5.86. The summed E-state index contributed by atoms with van der Waals surface area (Å²) < 4.78 is 32.2. The van der Waals surface area contributed by atoms with Crippen molar-refractivity contribution in [1.82, 2.24) is 0 Å². The normalized spacial score (nSPS) is 15.4. The summed E-state index contributed by atoms with van der Waals surface area (Å²) in [7, 11) is 0. The molecule has 0 unspecified atom stereocenters. The summed E-state index contributed by atoms with van der Waals surface area (Å²) >= 11 is 0. The topological polar surface area (TPSA) is 55.6 Å². The molecule has 0 aliphatic carbocycles. The van der Waals surface area contributed by atoms with Crippen LogP contribution in [0.15, 0.2) is 12.1 Å². The second-order valence-corrected chi connectivity index (χ2v) is 4.54. The number of nitrogens with zero attached hydrogens (tertiary/aromatic N) is 1. The van der Waals surface area contributed by atoms with Crippen LogP contribution in [0.2, 0.25) is 0 Å². The minimum absolute atomic E-state index is 0.152. The Kier molecular flexibility index (Phi) is 4.19. The molecule has 0 bridgehead atoms. The van der Waals surface area contributed by atoms with E-state index < -0.39 is 24.1 Å². The second-order valence-electron chi connectivity index (χ2n) is 4.54. The van der Waals surface area contributed by atoms with E-state index in [-0.39, 0.29) is 5.75 Å². The summed E-state index contributed by atoms with van der Waals surface area (Å²) in [5, 5.41) is 0. The van der Waals surface area contributed by atoms with Crippen LogP contribution in [0, 0.1) is 11.6 Å². The van der Waals surface area contributed by atoms with Crippen molar-refractivity contribution in [3.63, 3.8) is 0 Å². The van der Waals surface area contributed by atoms with Gasteiger partial charge in [-0.1, -0.05) is 0 Å². The summed E-state index contributed by atoms with van der Waals surface area (Å²) in [5.41, 5.74) is 5.24. The highest BCUT2D eigenvalue weighted by molar-refractivity contribution is 5.75. The average Bonchev–Trinajstić information content (AvgIpc) is 2.38. The van der Waals surface area contributed by atoms with E-state index in [0.717, 1.165) is 38.4 Å². The minimum Gasteiger partial charge on any atom is -0.481 e. The molecule has 19 heavy (non-hydrogen) atoms. The standard InChI is InChI=1S/C13H16F2N2O2/c14-9-6-10(15)12(19-8-13(16)18)7-11(9)17-4-2-1-3-5-17/h6-7H,1-5,8H2,(H2,16,18). The number of ether oxygens (including phenoxy) is 1. The number of piperidine rings is 1. The number of anilines is 1. The lowest BCUT2D eigenvalue weighted by atomic mass is 10.1. The van der Waals surface area contributed by atoms with Crippen LogP contribution in [0.3, 0.4) is 0 Å². The van der Waals surface area contributed by atoms with Crippen LogP contribution in [0.4, 0.5) is 14.5 Å². The number of primary amides is 1. The van der Waals surface area contributed by atoms with Crippen molar-refractivity contribution in [3.8, 4) is 5.75 Å². The molecule has 1 fully saturated rings. The van der Waals surface area contributed by atoms with Crippen LogP contribution in [0.25, 0.3) is 0 Å². The van der Waals surface area contributed by atoms with Gasteiger partial charge < -0.3 is 15.4 Å². The largest absolute Gasteiger partial charge is 0.481 e. The molecule has 0 saturated carbocycles. The smallest absolute Gasteiger partial charge is 0.255 e. The molecule has 104 valence electrons. The molecule has 2 N–H and O–H groups in total. The van der Waals surface area contributed by atoms with Gasteiger partial charge in [-0.25, -0.2) is 8.78 Å². The molecule has 1 amide bonds. The van der Waals surface area contributed by atoms with Gasteiger partial charge in [0.25, 0.3) is 5.91 Å². The number of nitrogens with two attached hydrogens (primary N) is 1. The zero-order valence-electron chi connectivity index (χ0n) is 10.5. The number of hydrogen-bond acceptors (Lipinski definition) is 3. The first-order valence-corrected chi connectivity index (χ1v) is 6.23. The molecular weight excluding hydrogens is 254 g/mol. The zero-order chi connectivity index (χ0) is 13.8. The lowest BCUT2D eigenvalue weighted by Gasteiger charge is -2.29. The van der Waals surface area contributed by atoms with Gasteiger partial charge in [0.1, 0.15) is 5.82 Å². The Hall–Kier alpha value is -1.85. The molecule has 0 spiro atoms. The molecule has 1 saturated heterocycles. The third-order valence-electron chi connectivity index (χ3n) is 3.07. The lowest BCUT2D eigenvalue weighted by Crippen LogP contribution is -2.30. The van der Waals surface area contributed by atoms with Crippen molar-refractivity contribution in [2.24, 2.45) is 5.73 Å². The van der Waals surface area contributed by atoms with Gasteiger partial charge in [-0.15, -0.1) is 0 Å². The number of hydrogen-bond donors (Lipinski definition) is 1. The van der Waals surface area contributed by atoms with E-state index in [0.29, 0.717) is 5.69 Å². The molecule has 1 aliphatic rings. The third-order valence-corrected chi connectivity index (χ3v) is 3.07. The van der Waals surface area contributed by atoms with Crippen molar-refractivity contribution in [1.29, 1.82) is 0 Å². The van der Waals surface area contributed by atoms with E-state index >= 15 is 0 Å². The molecule has 4 nitrogen and oxygen atoms in total. The highest BCUT2D eigenvalue weighted by Gasteiger charge is 2.18. The van der Waals surface area contributed by atoms with Crippen molar-refractivity contribution in [3.05, 3.63) is 23.8 Å². The Bertz CT molecular complexity index is 474. The van der Waals surface area contributed by atoms with Crippen LogP contribution in [0.1, 0.15) is 19.3 Å². The summed E-state index contributed by atoms with van der Waals surface area (Å²) in [6.45, 7) is 1.04. The molecular formula is C13H16F2N2O2. The van der Waals surface area contributed by atoms with Crippen LogP contribution in [0.5, 0.6) is 5.75 Å². The molecule has 1 aliphatic heterocycles. The maximum atomic E-state index is 13.8. The Morgan fingerprint density at radius 3 is 2.53 bits per heavy atom. The predicted molar refractivity (Wildman–Crippen MR) is 67.1 cm³/mol. The van der Waals surface area contributed by atoms with E-state index in [1.54, 1.807) is 0 Å². The summed E-state index contributed by atoms with van der Waals surface area (Å²) in [4.78, 5) is 12.5. The minimum atomic E-state index is -0.834. The van der Waals surface area contributed by atoms with Crippen LogP contribution < -0.4 is 15.4 Å². The first-order chi connectivity index (χ1) is 9.08. The molecule has 0 radical (unpaired) electrons. The van der Waals surface area contributed by atoms with E-state index in [1.807, 2.05) is 4.90 Å². The number of rotatable bonds is 4. The molecule has 0 atom stereocenters. The fourth-order valence-electron chi connectivity index (χ4n) is 2.16. The fourth-order valence-corrected chi connectivity index (χ4v) is 2.16. The van der Waals surface area contributed by atoms with E-state index in [4.69, 9.17) is 10.5 Å². The van der Waals surface area contributed by atoms with Crippen LogP contribution >= 0.6 is 0 Å². The average molecular weight is 270 g/mol. The highest BCUT2D eigenvalue weighted by Crippen LogP contribution is 2.29. The third kappa shape index (κ3) is 3.33. The quantitative estimate of drug-likeness (QED) is 0.908. The summed E-state index contributed by atoms with van der Waals surface area (Å²) in [6, 6.07) is 2.07. The van der Waals surface area contributed by atoms with E-state index in [9.17, 15) is 13.6 Å². The van der Waals surface area contributed by atoms with Gasteiger partial charge in [-0.05, 0) is 19.3 Å². The maximum Gasteiger partial charge on any atom is 0.255 e. The molecule has 1 heterocycles. The Labute approximate surface area is 110 Å². The van der Waals surface area contributed by atoms with Gasteiger partial charge in [-0.3, -0.25) is 4.79 Å². The maximum absolute atomic E-state index is 13.8. The monoisotopic (exact) mass is 270 g/mol. The molecule has 6 heteroatoms. The number of carbonyl (C=O) groups excluding carboxylic acids is 1. The van der Waals surface area contributed by atoms with Gasteiger partial charge in [0, 0.05) is 25.2 Å². The SMILES string of the molecule is NC(=O)COc1cc(N2CCCCC2)c(F)cc1F. The number of benzene rings is 1. The first-order valence-electron chi connectivity index (χ1n) is 6.23. The van der Waals surface area contributed by atoms with Crippen molar-refractivity contribution >= 4 is 11.6 Å². The molecule has 0 aromatic heterocycles. The number of amides is 1. The summed E-state index contributed by atoms with van der Waals surface area (Å²) in [6.07, 6.45) is 3.08. The lowest BCUT2D eigenvalue weighted by molar-refractivity contribution is -0.120. The van der Waals surface area contributed by atoms with Gasteiger partial charge in [0.05, 0.1) is 5.69 Å². The van der Waals surface area contributed by atoms with Crippen molar-refractivity contribution in [2.45, 2.75) is 19.3 Å². The van der Waals surface area contributed by atoms with Gasteiger partial charge >= 0.3 is 0 Å². The zero-order valence-corrected chi connectivity index (χ0v) is 10.5. The first kappa shape index (κ1) is 13.6. The predicted octanol–water partition coefficient (Wildman–Crippen LogP) is 1.82. The molecule has 2 rings (SSSR count).